The summed E-state index contributed by atoms with van der Waals surface area (Å²) in [4.78, 5) is 21.3. The molecule has 0 aliphatic carbocycles. The Morgan fingerprint density at radius 3 is 2.63 bits per heavy atom. The number of amides is 1. The van der Waals surface area contributed by atoms with Gasteiger partial charge in [0.05, 0.1) is 5.56 Å². The first-order valence-corrected chi connectivity index (χ1v) is 5.77. The van der Waals surface area contributed by atoms with Gasteiger partial charge in [-0.05, 0) is 25.1 Å². The van der Waals surface area contributed by atoms with Crippen LogP contribution in [0, 0.1) is 5.82 Å². The van der Waals surface area contributed by atoms with Gasteiger partial charge in [0.2, 0.25) is 0 Å². The third-order valence-corrected chi connectivity index (χ3v) is 2.68. The van der Waals surface area contributed by atoms with Crippen LogP contribution in [-0.2, 0) is 0 Å². The molecule has 0 aliphatic heterocycles. The van der Waals surface area contributed by atoms with Gasteiger partial charge in [-0.1, -0.05) is 0 Å². The summed E-state index contributed by atoms with van der Waals surface area (Å²) >= 11 is 0. The summed E-state index contributed by atoms with van der Waals surface area (Å²) in [5, 5.41) is 0. The van der Waals surface area contributed by atoms with E-state index in [9.17, 15) is 9.18 Å². The van der Waals surface area contributed by atoms with Crippen LogP contribution in [0.1, 0.15) is 17.3 Å². The molecule has 0 saturated heterocycles. The van der Waals surface area contributed by atoms with Crippen LogP contribution in [0.5, 0.6) is 0 Å². The van der Waals surface area contributed by atoms with Crippen LogP contribution in [0.15, 0.2) is 36.8 Å². The fourth-order valence-electron chi connectivity index (χ4n) is 1.74. The first-order valence-electron chi connectivity index (χ1n) is 5.77. The first-order chi connectivity index (χ1) is 9.15. The van der Waals surface area contributed by atoms with Crippen molar-refractivity contribution in [3.63, 3.8) is 0 Å². The minimum absolute atomic E-state index is 0.0915. The van der Waals surface area contributed by atoms with Crippen LogP contribution >= 0.6 is 0 Å². The van der Waals surface area contributed by atoms with E-state index < -0.39 is 11.7 Å². The maximum Gasteiger partial charge on any atom is 0.261 e. The summed E-state index contributed by atoms with van der Waals surface area (Å²) in [6.07, 6.45) is 4.46. The number of nitrogen functional groups attached to an aromatic ring is 1. The summed E-state index contributed by atoms with van der Waals surface area (Å²) in [6.45, 7) is 2.21. The number of nitrogens with two attached hydrogens (primary N) is 1. The zero-order valence-electron chi connectivity index (χ0n) is 10.4. The molecule has 6 heteroatoms. The number of pyridine rings is 2. The van der Waals surface area contributed by atoms with Crippen molar-refractivity contribution in [1.82, 2.24) is 9.97 Å². The minimum atomic E-state index is -0.792. The third kappa shape index (κ3) is 2.52. The van der Waals surface area contributed by atoms with Gasteiger partial charge in [-0.15, -0.1) is 0 Å². The second kappa shape index (κ2) is 5.43. The van der Waals surface area contributed by atoms with E-state index in [-0.39, 0.29) is 11.4 Å². The molecule has 2 heterocycles. The van der Waals surface area contributed by atoms with Crippen molar-refractivity contribution < 1.29 is 9.18 Å². The molecule has 0 radical (unpaired) electrons. The quantitative estimate of drug-likeness (QED) is 0.914. The lowest BCUT2D eigenvalue weighted by atomic mass is 10.2. The van der Waals surface area contributed by atoms with Crippen molar-refractivity contribution in [3.8, 4) is 0 Å². The topological polar surface area (TPSA) is 72.1 Å². The molecule has 2 N–H and O–H groups in total. The number of halogens is 1. The van der Waals surface area contributed by atoms with Gasteiger partial charge in [-0.25, -0.2) is 9.37 Å². The number of rotatable bonds is 3. The highest BCUT2D eigenvalue weighted by Crippen LogP contribution is 2.19. The minimum Gasteiger partial charge on any atom is -0.381 e. The van der Waals surface area contributed by atoms with Crippen molar-refractivity contribution in [2.75, 3.05) is 17.2 Å². The second-order valence-corrected chi connectivity index (χ2v) is 3.81. The average molecular weight is 260 g/mol. The van der Waals surface area contributed by atoms with Gasteiger partial charge in [-0.2, -0.15) is 0 Å². The summed E-state index contributed by atoms with van der Waals surface area (Å²) in [5.74, 6) is -1.53. The van der Waals surface area contributed by atoms with Gasteiger partial charge in [0.15, 0.2) is 11.6 Å². The number of anilines is 2. The first kappa shape index (κ1) is 12.9. The Balaban J connectivity index is 2.39. The lowest BCUT2D eigenvalue weighted by molar-refractivity contribution is 0.0984. The highest BCUT2D eigenvalue weighted by Gasteiger charge is 2.21. The number of hydrogen-bond donors (Lipinski definition) is 1. The molecule has 2 aromatic heterocycles. The van der Waals surface area contributed by atoms with E-state index in [1.807, 2.05) is 0 Å². The molecular weight excluding hydrogens is 247 g/mol. The fraction of sp³-hybridized carbons (Fsp3) is 0.154. The average Bonchev–Trinajstić information content (AvgIpc) is 2.44. The molecule has 2 rings (SSSR count). The molecule has 1 amide bonds. The van der Waals surface area contributed by atoms with Crippen molar-refractivity contribution in [1.29, 1.82) is 0 Å². The van der Waals surface area contributed by atoms with Gasteiger partial charge in [-0.3, -0.25) is 9.78 Å². The molecular formula is C13H13FN4O. The Morgan fingerprint density at radius 2 is 2.00 bits per heavy atom. The normalized spacial score (nSPS) is 10.2. The van der Waals surface area contributed by atoms with Gasteiger partial charge in [0.1, 0.15) is 0 Å². The Labute approximate surface area is 109 Å². The lowest BCUT2D eigenvalue weighted by Gasteiger charge is -2.21. The zero-order chi connectivity index (χ0) is 13.8. The van der Waals surface area contributed by atoms with Crippen molar-refractivity contribution in [2.24, 2.45) is 0 Å². The van der Waals surface area contributed by atoms with E-state index in [4.69, 9.17) is 5.73 Å². The molecule has 0 unspecified atom stereocenters. The van der Waals surface area contributed by atoms with Crippen LogP contribution in [0.4, 0.5) is 15.9 Å². The number of hydrogen-bond acceptors (Lipinski definition) is 4. The lowest BCUT2D eigenvalue weighted by Crippen LogP contribution is -2.31. The Kier molecular flexibility index (Phi) is 3.70. The third-order valence-electron chi connectivity index (χ3n) is 2.68. The highest BCUT2D eigenvalue weighted by atomic mass is 19.1. The maximum atomic E-state index is 13.8. The van der Waals surface area contributed by atoms with E-state index >= 15 is 0 Å². The summed E-state index contributed by atoms with van der Waals surface area (Å²) in [6, 6.07) is 4.69. The van der Waals surface area contributed by atoms with Crippen LogP contribution in [-0.4, -0.2) is 22.4 Å². The van der Waals surface area contributed by atoms with Crippen molar-refractivity contribution >= 4 is 17.4 Å². The van der Waals surface area contributed by atoms with Gasteiger partial charge in [0, 0.05) is 30.8 Å². The molecule has 2 aromatic rings. The molecule has 0 fully saturated rings. The zero-order valence-corrected chi connectivity index (χ0v) is 10.4. The highest BCUT2D eigenvalue weighted by molar-refractivity contribution is 6.06. The molecule has 98 valence electrons. The second-order valence-electron chi connectivity index (χ2n) is 3.81. The Hall–Kier alpha value is -2.50. The van der Waals surface area contributed by atoms with Crippen LogP contribution in [0.25, 0.3) is 0 Å². The predicted molar refractivity (Wildman–Crippen MR) is 70.2 cm³/mol. The van der Waals surface area contributed by atoms with E-state index in [2.05, 4.69) is 9.97 Å². The van der Waals surface area contributed by atoms with E-state index in [1.54, 1.807) is 31.5 Å². The monoisotopic (exact) mass is 260 g/mol. The fourth-order valence-corrected chi connectivity index (χ4v) is 1.74. The number of nitrogens with zero attached hydrogens (tertiary/aromatic N) is 3. The number of carbonyl (C=O) groups is 1. The maximum absolute atomic E-state index is 13.8. The summed E-state index contributed by atoms with van der Waals surface area (Å²) in [5.41, 5.74) is 5.93. The SMILES string of the molecule is CCN(C(=O)c1ccnc(N)c1F)c1ccncc1. The molecule has 0 aromatic carbocycles. The number of aromatic nitrogens is 2. The van der Waals surface area contributed by atoms with Crippen LogP contribution in [0.3, 0.4) is 0 Å². The van der Waals surface area contributed by atoms with Gasteiger partial charge < -0.3 is 10.6 Å². The van der Waals surface area contributed by atoms with Gasteiger partial charge >= 0.3 is 0 Å². The standard InChI is InChI=1S/C13H13FN4O/c1-2-18(9-3-6-16-7-4-9)13(19)10-5-8-17-12(15)11(10)14/h3-8H,2H2,1H3,(H2,15,17). The van der Waals surface area contributed by atoms with Crippen molar-refractivity contribution in [3.05, 3.63) is 48.2 Å². The Bertz CT molecular complexity index is 588. The summed E-state index contributed by atoms with van der Waals surface area (Å²) in [7, 11) is 0. The van der Waals surface area contributed by atoms with Crippen LogP contribution in [0.2, 0.25) is 0 Å². The van der Waals surface area contributed by atoms with E-state index in [1.165, 1.54) is 17.2 Å². The predicted octanol–water partition coefficient (Wildman–Crippen LogP) is 1.86. The summed E-state index contributed by atoms with van der Waals surface area (Å²) < 4.78 is 13.8. The van der Waals surface area contributed by atoms with Crippen LogP contribution < -0.4 is 10.6 Å². The van der Waals surface area contributed by atoms with E-state index in [0.29, 0.717) is 12.2 Å². The smallest absolute Gasteiger partial charge is 0.261 e. The molecule has 0 spiro atoms. The molecule has 0 aliphatic rings. The Morgan fingerprint density at radius 1 is 1.32 bits per heavy atom. The molecule has 19 heavy (non-hydrogen) atoms. The van der Waals surface area contributed by atoms with Gasteiger partial charge in [0.25, 0.3) is 5.91 Å². The molecule has 5 nitrogen and oxygen atoms in total. The molecule has 0 bridgehead atoms. The largest absolute Gasteiger partial charge is 0.381 e. The molecule has 0 atom stereocenters. The number of carbonyl (C=O) groups excluding carboxylic acids is 1. The van der Waals surface area contributed by atoms with E-state index in [0.717, 1.165) is 0 Å². The molecule has 0 saturated carbocycles. The van der Waals surface area contributed by atoms with Crippen molar-refractivity contribution in [2.45, 2.75) is 6.92 Å².